The fraction of sp³-hybridized carbons (Fsp3) is 0.588. The zero-order valence-electron chi connectivity index (χ0n) is 12.8. The third-order valence-corrected chi connectivity index (χ3v) is 4.51. The largest absolute Gasteiger partial charge is 0.368 e. The number of carbonyl (C=O) groups excluding carboxylic acids is 1. The van der Waals surface area contributed by atoms with Crippen LogP contribution in [0.5, 0.6) is 0 Å². The van der Waals surface area contributed by atoms with Crippen LogP contribution in [0.2, 0.25) is 0 Å². The lowest BCUT2D eigenvalue weighted by Crippen LogP contribution is -2.51. The third kappa shape index (κ3) is 3.05. The number of nitrogens with zero attached hydrogens (tertiary/aromatic N) is 2. The van der Waals surface area contributed by atoms with Crippen LogP contribution in [-0.4, -0.2) is 49.7 Å². The molecule has 0 bridgehead atoms. The van der Waals surface area contributed by atoms with E-state index >= 15 is 0 Å². The number of benzene rings is 1. The zero-order chi connectivity index (χ0) is 14.7. The van der Waals surface area contributed by atoms with Gasteiger partial charge >= 0.3 is 0 Å². The fourth-order valence-electron chi connectivity index (χ4n) is 3.26. The van der Waals surface area contributed by atoms with E-state index in [-0.39, 0.29) is 12.0 Å². The molecule has 114 valence electrons. The van der Waals surface area contributed by atoms with Crippen molar-refractivity contribution < 1.29 is 9.53 Å². The first-order valence-electron chi connectivity index (χ1n) is 8.03. The van der Waals surface area contributed by atoms with Crippen LogP contribution in [0.25, 0.3) is 0 Å². The summed E-state index contributed by atoms with van der Waals surface area (Å²) in [5, 5.41) is 0. The van der Waals surface area contributed by atoms with E-state index in [0.29, 0.717) is 0 Å². The van der Waals surface area contributed by atoms with Crippen LogP contribution >= 0.6 is 0 Å². The highest BCUT2D eigenvalue weighted by Crippen LogP contribution is 2.23. The Hall–Kier alpha value is -1.55. The summed E-state index contributed by atoms with van der Waals surface area (Å²) in [6.45, 7) is 6.36. The molecule has 1 unspecified atom stereocenters. The first-order valence-corrected chi connectivity index (χ1v) is 8.03. The van der Waals surface area contributed by atoms with E-state index in [1.54, 1.807) is 0 Å². The second-order valence-electron chi connectivity index (χ2n) is 5.80. The fourth-order valence-corrected chi connectivity index (χ4v) is 3.26. The van der Waals surface area contributed by atoms with Crippen LogP contribution in [0.1, 0.15) is 25.3 Å². The van der Waals surface area contributed by atoms with E-state index < -0.39 is 0 Å². The van der Waals surface area contributed by atoms with Crippen molar-refractivity contribution in [2.75, 3.05) is 37.7 Å². The van der Waals surface area contributed by atoms with Crippen LogP contribution < -0.4 is 4.90 Å². The second-order valence-corrected chi connectivity index (χ2v) is 5.80. The molecule has 0 aromatic heterocycles. The molecule has 1 amide bonds. The standard InChI is InChI=1S/C17H24N2O2/c1-2-14-6-3-4-7-15(14)18-9-11-19(12-10-18)17(20)16-8-5-13-21-16/h3-4,6-7,16H,2,5,8-13H2,1H3. The topological polar surface area (TPSA) is 32.8 Å². The number of hydrogen-bond acceptors (Lipinski definition) is 3. The number of anilines is 1. The van der Waals surface area contributed by atoms with E-state index in [2.05, 4.69) is 36.1 Å². The highest BCUT2D eigenvalue weighted by molar-refractivity contribution is 5.81. The van der Waals surface area contributed by atoms with Crippen molar-refractivity contribution in [3.63, 3.8) is 0 Å². The Morgan fingerprint density at radius 3 is 2.67 bits per heavy atom. The highest BCUT2D eigenvalue weighted by Gasteiger charge is 2.30. The lowest BCUT2D eigenvalue weighted by molar-refractivity contribution is -0.141. The van der Waals surface area contributed by atoms with Gasteiger partial charge in [-0.05, 0) is 30.9 Å². The Balaban J connectivity index is 1.61. The monoisotopic (exact) mass is 288 g/mol. The Morgan fingerprint density at radius 1 is 1.24 bits per heavy atom. The number of piperazine rings is 1. The van der Waals surface area contributed by atoms with Gasteiger partial charge in [0.15, 0.2) is 0 Å². The van der Waals surface area contributed by atoms with Gasteiger partial charge in [-0.2, -0.15) is 0 Å². The average Bonchev–Trinajstić information content (AvgIpc) is 3.09. The van der Waals surface area contributed by atoms with Gasteiger partial charge in [0.05, 0.1) is 0 Å². The van der Waals surface area contributed by atoms with Crippen molar-refractivity contribution in [1.82, 2.24) is 4.90 Å². The number of ether oxygens (including phenoxy) is 1. The molecule has 4 nitrogen and oxygen atoms in total. The Kier molecular flexibility index (Phi) is 4.44. The molecular weight excluding hydrogens is 264 g/mol. The van der Waals surface area contributed by atoms with Gasteiger partial charge in [0.2, 0.25) is 0 Å². The van der Waals surface area contributed by atoms with E-state index in [0.717, 1.165) is 52.0 Å². The summed E-state index contributed by atoms with van der Waals surface area (Å²) in [7, 11) is 0. The lowest BCUT2D eigenvalue weighted by Gasteiger charge is -2.37. The number of para-hydroxylation sites is 1. The van der Waals surface area contributed by atoms with E-state index in [1.807, 2.05) is 4.90 Å². The Labute approximate surface area is 126 Å². The summed E-state index contributed by atoms with van der Waals surface area (Å²) in [6, 6.07) is 8.58. The van der Waals surface area contributed by atoms with Crippen molar-refractivity contribution in [3.05, 3.63) is 29.8 Å². The van der Waals surface area contributed by atoms with Gasteiger partial charge in [0.1, 0.15) is 6.10 Å². The molecule has 2 fully saturated rings. The second kappa shape index (κ2) is 6.48. The summed E-state index contributed by atoms with van der Waals surface area (Å²) in [4.78, 5) is 16.7. The minimum absolute atomic E-state index is 0.181. The molecule has 0 aliphatic carbocycles. The summed E-state index contributed by atoms with van der Waals surface area (Å²) in [5.74, 6) is 0.191. The van der Waals surface area contributed by atoms with Crippen molar-refractivity contribution in [1.29, 1.82) is 0 Å². The zero-order valence-corrected chi connectivity index (χ0v) is 12.8. The predicted octanol–water partition coefficient (Wildman–Crippen LogP) is 2.08. The van der Waals surface area contributed by atoms with Crippen molar-refractivity contribution in [3.8, 4) is 0 Å². The van der Waals surface area contributed by atoms with Crippen LogP contribution in [-0.2, 0) is 16.0 Å². The predicted molar refractivity (Wildman–Crippen MR) is 83.6 cm³/mol. The molecule has 3 rings (SSSR count). The first kappa shape index (κ1) is 14.4. The normalized spacial score (nSPS) is 22.6. The summed E-state index contributed by atoms with van der Waals surface area (Å²) in [5.41, 5.74) is 2.71. The molecule has 21 heavy (non-hydrogen) atoms. The highest BCUT2D eigenvalue weighted by atomic mass is 16.5. The molecule has 1 aromatic carbocycles. The summed E-state index contributed by atoms with van der Waals surface area (Å²) in [6.07, 6.45) is 2.77. The van der Waals surface area contributed by atoms with Crippen LogP contribution in [0.15, 0.2) is 24.3 Å². The molecule has 0 radical (unpaired) electrons. The Bertz CT molecular complexity index is 489. The number of aryl methyl sites for hydroxylation is 1. The van der Waals surface area contributed by atoms with Crippen LogP contribution in [0.3, 0.4) is 0 Å². The molecule has 2 aliphatic rings. The first-order chi connectivity index (χ1) is 10.3. The smallest absolute Gasteiger partial charge is 0.251 e. The summed E-state index contributed by atoms with van der Waals surface area (Å²) < 4.78 is 5.51. The minimum Gasteiger partial charge on any atom is -0.368 e. The van der Waals surface area contributed by atoms with Gasteiger partial charge in [0.25, 0.3) is 5.91 Å². The molecule has 1 atom stereocenters. The molecule has 0 saturated carbocycles. The Morgan fingerprint density at radius 2 is 2.00 bits per heavy atom. The van der Waals surface area contributed by atoms with Gasteiger partial charge in [0, 0.05) is 38.5 Å². The quantitative estimate of drug-likeness (QED) is 0.853. The average molecular weight is 288 g/mol. The molecule has 1 aromatic rings. The molecule has 0 spiro atoms. The van der Waals surface area contributed by atoms with E-state index in [9.17, 15) is 4.79 Å². The maximum atomic E-state index is 12.3. The number of rotatable bonds is 3. The molecule has 2 saturated heterocycles. The SMILES string of the molecule is CCc1ccccc1N1CCN(C(=O)C2CCCO2)CC1. The number of carbonyl (C=O) groups is 1. The van der Waals surface area contributed by atoms with Gasteiger partial charge in [-0.3, -0.25) is 4.79 Å². The maximum absolute atomic E-state index is 12.3. The van der Waals surface area contributed by atoms with Crippen LogP contribution in [0.4, 0.5) is 5.69 Å². The van der Waals surface area contributed by atoms with Gasteiger partial charge in [-0.1, -0.05) is 25.1 Å². The minimum atomic E-state index is -0.181. The summed E-state index contributed by atoms with van der Waals surface area (Å²) >= 11 is 0. The third-order valence-electron chi connectivity index (χ3n) is 4.51. The van der Waals surface area contributed by atoms with E-state index in [4.69, 9.17) is 4.74 Å². The molecular formula is C17H24N2O2. The van der Waals surface area contributed by atoms with Gasteiger partial charge in [-0.15, -0.1) is 0 Å². The number of amides is 1. The molecule has 4 heteroatoms. The maximum Gasteiger partial charge on any atom is 0.251 e. The number of hydrogen-bond donors (Lipinski definition) is 0. The van der Waals surface area contributed by atoms with Crippen molar-refractivity contribution >= 4 is 11.6 Å². The van der Waals surface area contributed by atoms with Gasteiger partial charge < -0.3 is 14.5 Å². The van der Waals surface area contributed by atoms with Gasteiger partial charge in [-0.25, -0.2) is 0 Å². The van der Waals surface area contributed by atoms with Crippen LogP contribution in [0, 0.1) is 0 Å². The van der Waals surface area contributed by atoms with Crippen molar-refractivity contribution in [2.45, 2.75) is 32.3 Å². The van der Waals surface area contributed by atoms with Crippen molar-refractivity contribution in [2.24, 2.45) is 0 Å². The molecule has 2 aliphatic heterocycles. The molecule has 2 heterocycles. The van der Waals surface area contributed by atoms with E-state index in [1.165, 1.54) is 11.3 Å². The molecule has 0 N–H and O–H groups in total. The lowest BCUT2D eigenvalue weighted by atomic mass is 10.1.